The molecule has 1 saturated heterocycles. The van der Waals surface area contributed by atoms with Crippen LogP contribution >= 0.6 is 0 Å². The first-order valence-corrected chi connectivity index (χ1v) is 10.5. The second-order valence-electron chi connectivity index (χ2n) is 7.86. The molecule has 0 spiro atoms. The van der Waals surface area contributed by atoms with Gasteiger partial charge in [0.05, 0.1) is 31.5 Å². The molecule has 2 aromatic rings. The van der Waals surface area contributed by atoms with E-state index < -0.39 is 0 Å². The number of nitrogens with one attached hydrogen (secondary N) is 1. The minimum absolute atomic E-state index is 0.403. The number of anilines is 1. The zero-order valence-electron chi connectivity index (χ0n) is 17.3. The van der Waals surface area contributed by atoms with Crippen LogP contribution < -0.4 is 14.8 Å². The van der Waals surface area contributed by atoms with Crippen molar-refractivity contribution in [2.75, 3.05) is 39.2 Å². The SMILES string of the molecule is COc1cc2nc3c(c(NC4CCN(CCC#N)CC4)c2nc1OC)CCCC3. The number of rotatable bonds is 6. The minimum Gasteiger partial charge on any atom is -0.491 e. The summed E-state index contributed by atoms with van der Waals surface area (Å²) in [5, 5.41) is 12.6. The summed E-state index contributed by atoms with van der Waals surface area (Å²) in [7, 11) is 3.25. The van der Waals surface area contributed by atoms with Crippen molar-refractivity contribution in [2.45, 2.75) is 51.0 Å². The number of methoxy groups -OCH3 is 2. The van der Waals surface area contributed by atoms with Crippen molar-refractivity contribution < 1.29 is 9.47 Å². The summed E-state index contributed by atoms with van der Waals surface area (Å²) in [5.41, 5.74) is 5.36. The molecule has 0 saturated carbocycles. The number of piperidine rings is 1. The Bertz CT molecular complexity index is 911. The van der Waals surface area contributed by atoms with Crippen molar-refractivity contribution in [1.82, 2.24) is 14.9 Å². The summed E-state index contributed by atoms with van der Waals surface area (Å²) in [4.78, 5) is 12.1. The topological polar surface area (TPSA) is 83.3 Å². The van der Waals surface area contributed by atoms with Crippen LogP contribution in [0, 0.1) is 11.3 Å². The number of fused-ring (bicyclic) bond motifs is 2. The van der Waals surface area contributed by atoms with E-state index in [2.05, 4.69) is 16.3 Å². The van der Waals surface area contributed by atoms with E-state index in [0.717, 1.165) is 62.0 Å². The lowest BCUT2D eigenvalue weighted by atomic mass is 9.93. The van der Waals surface area contributed by atoms with Crippen LogP contribution in [-0.2, 0) is 12.8 Å². The summed E-state index contributed by atoms with van der Waals surface area (Å²) in [6.07, 6.45) is 7.16. The highest BCUT2D eigenvalue weighted by Crippen LogP contribution is 2.37. The van der Waals surface area contributed by atoms with Gasteiger partial charge in [-0.1, -0.05) is 0 Å². The molecule has 1 aliphatic heterocycles. The number of aryl methyl sites for hydroxylation is 1. The molecule has 1 aliphatic carbocycles. The van der Waals surface area contributed by atoms with Crippen LogP contribution in [0.2, 0.25) is 0 Å². The van der Waals surface area contributed by atoms with Gasteiger partial charge in [-0.2, -0.15) is 5.26 Å². The van der Waals surface area contributed by atoms with Gasteiger partial charge in [0.1, 0.15) is 5.52 Å². The molecule has 0 atom stereocenters. The van der Waals surface area contributed by atoms with Gasteiger partial charge in [-0.3, -0.25) is 4.98 Å². The number of pyridine rings is 2. The van der Waals surface area contributed by atoms with Gasteiger partial charge in [-0.05, 0) is 44.1 Å². The maximum absolute atomic E-state index is 8.82. The van der Waals surface area contributed by atoms with Crippen LogP contribution in [0.5, 0.6) is 11.6 Å². The number of aromatic nitrogens is 2. The first kappa shape index (κ1) is 19.7. The lowest BCUT2D eigenvalue weighted by molar-refractivity contribution is 0.223. The van der Waals surface area contributed by atoms with E-state index in [1.807, 2.05) is 6.07 Å². The van der Waals surface area contributed by atoms with Crippen LogP contribution in [0.25, 0.3) is 11.0 Å². The molecule has 154 valence electrons. The Hall–Kier alpha value is -2.59. The summed E-state index contributed by atoms with van der Waals surface area (Å²) < 4.78 is 10.9. The highest BCUT2D eigenvalue weighted by atomic mass is 16.5. The molecule has 0 radical (unpaired) electrons. The fourth-order valence-corrected chi connectivity index (χ4v) is 4.47. The van der Waals surface area contributed by atoms with Gasteiger partial charge in [0.15, 0.2) is 5.75 Å². The van der Waals surface area contributed by atoms with E-state index in [9.17, 15) is 0 Å². The first-order valence-electron chi connectivity index (χ1n) is 10.5. The second-order valence-corrected chi connectivity index (χ2v) is 7.86. The lowest BCUT2D eigenvalue weighted by Crippen LogP contribution is -2.39. The standard InChI is InChI=1S/C22H29N5O2/c1-28-19-14-18-21(26-22(19)29-2)20(16-6-3-4-7-17(16)25-18)24-15-8-12-27(13-9-15)11-5-10-23/h14-15H,3-9,11-13H2,1-2H3,(H,24,25). The number of ether oxygens (including phenoxy) is 2. The molecule has 0 bridgehead atoms. The Morgan fingerprint density at radius 1 is 1.17 bits per heavy atom. The molecule has 2 aliphatic rings. The fourth-order valence-electron chi connectivity index (χ4n) is 4.47. The molecular formula is C22H29N5O2. The smallest absolute Gasteiger partial charge is 0.257 e. The van der Waals surface area contributed by atoms with Gasteiger partial charge in [0.25, 0.3) is 5.88 Å². The van der Waals surface area contributed by atoms with Gasteiger partial charge >= 0.3 is 0 Å². The van der Waals surface area contributed by atoms with E-state index in [-0.39, 0.29) is 0 Å². The van der Waals surface area contributed by atoms with Crippen molar-refractivity contribution in [1.29, 1.82) is 5.26 Å². The van der Waals surface area contributed by atoms with Gasteiger partial charge in [-0.25, -0.2) is 4.98 Å². The molecule has 2 aromatic heterocycles. The molecule has 4 rings (SSSR count). The number of hydrogen-bond acceptors (Lipinski definition) is 7. The van der Waals surface area contributed by atoms with Gasteiger partial charge in [0.2, 0.25) is 0 Å². The van der Waals surface area contributed by atoms with E-state index in [0.29, 0.717) is 24.1 Å². The number of hydrogen-bond donors (Lipinski definition) is 1. The van der Waals surface area contributed by atoms with E-state index >= 15 is 0 Å². The zero-order chi connectivity index (χ0) is 20.2. The number of likely N-dealkylation sites (tertiary alicyclic amines) is 1. The molecule has 0 unspecified atom stereocenters. The quantitative estimate of drug-likeness (QED) is 0.803. The molecule has 3 heterocycles. The van der Waals surface area contributed by atoms with Crippen molar-refractivity contribution in [2.24, 2.45) is 0 Å². The monoisotopic (exact) mass is 395 g/mol. The molecule has 7 heteroatoms. The maximum Gasteiger partial charge on any atom is 0.257 e. The average molecular weight is 396 g/mol. The van der Waals surface area contributed by atoms with E-state index in [1.54, 1.807) is 14.2 Å². The molecule has 7 nitrogen and oxygen atoms in total. The Morgan fingerprint density at radius 2 is 1.97 bits per heavy atom. The predicted octanol–water partition coefficient (Wildman–Crippen LogP) is 3.32. The third kappa shape index (κ3) is 4.08. The first-order chi connectivity index (χ1) is 14.2. The van der Waals surface area contributed by atoms with E-state index in [4.69, 9.17) is 24.7 Å². The number of nitrogens with zero attached hydrogens (tertiary/aromatic N) is 4. The summed E-state index contributed by atoms with van der Waals surface area (Å²) >= 11 is 0. The van der Waals surface area contributed by atoms with Crippen molar-refractivity contribution in [3.63, 3.8) is 0 Å². The van der Waals surface area contributed by atoms with E-state index in [1.165, 1.54) is 24.1 Å². The Balaban J connectivity index is 1.66. The molecule has 0 aromatic carbocycles. The molecule has 1 N–H and O–H groups in total. The van der Waals surface area contributed by atoms with Crippen LogP contribution in [0.15, 0.2) is 6.07 Å². The number of nitriles is 1. The van der Waals surface area contributed by atoms with Crippen LogP contribution in [-0.4, -0.2) is 54.8 Å². The Kier molecular flexibility index (Phi) is 6.00. The zero-order valence-corrected chi connectivity index (χ0v) is 17.3. The van der Waals surface area contributed by atoms with Crippen LogP contribution in [0.1, 0.15) is 43.4 Å². The summed E-state index contributed by atoms with van der Waals surface area (Å²) in [6.45, 7) is 2.92. The maximum atomic E-state index is 8.82. The molecular weight excluding hydrogens is 366 g/mol. The normalized spacial score (nSPS) is 17.6. The van der Waals surface area contributed by atoms with Gasteiger partial charge in [-0.15, -0.1) is 0 Å². The molecule has 0 amide bonds. The molecule has 1 fully saturated rings. The third-order valence-electron chi connectivity index (χ3n) is 6.06. The minimum atomic E-state index is 0.403. The Labute approximate surface area is 172 Å². The van der Waals surface area contributed by atoms with Crippen molar-refractivity contribution >= 4 is 16.7 Å². The highest BCUT2D eigenvalue weighted by molar-refractivity contribution is 5.91. The van der Waals surface area contributed by atoms with Crippen LogP contribution in [0.4, 0.5) is 5.69 Å². The van der Waals surface area contributed by atoms with Gasteiger partial charge in [0, 0.05) is 43.9 Å². The molecule has 29 heavy (non-hydrogen) atoms. The van der Waals surface area contributed by atoms with Crippen molar-refractivity contribution in [3.05, 3.63) is 17.3 Å². The average Bonchev–Trinajstić information content (AvgIpc) is 2.77. The second kappa shape index (κ2) is 8.83. The Morgan fingerprint density at radius 3 is 2.69 bits per heavy atom. The predicted molar refractivity (Wildman–Crippen MR) is 113 cm³/mol. The largest absolute Gasteiger partial charge is 0.491 e. The lowest BCUT2D eigenvalue weighted by Gasteiger charge is -2.33. The highest BCUT2D eigenvalue weighted by Gasteiger charge is 2.25. The van der Waals surface area contributed by atoms with Gasteiger partial charge < -0.3 is 19.7 Å². The van der Waals surface area contributed by atoms with Crippen LogP contribution in [0.3, 0.4) is 0 Å². The summed E-state index contributed by atoms with van der Waals surface area (Å²) in [6, 6.07) is 4.58. The summed E-state index contributed by atoms with van der Waals surface area (Å²) in [5.74, 6) is 1.10. The van der Waals surface area contributed by atoms with Crippen molar-refractivity contribution in [3.8, 4) is 17.7 Å². The fraction of sp³-hybridized carbons (Fsp3) is 0.591. The third-order valence-corrected chi connectivity index (χ3v) is 6.06.